The standard InChI is InChI=1S/C22H19ClN2S.ClH/c23-19-13-11-16(12-14-19)15-26-22-24-20(17-7-3-1-4-8-17)21(25-22)18-9-5-2-6-10-18;/h1-14,20-21H,15H2,(H,24,25);1H. The van der Waals surface area contributed by atoms with Crippen molar-refractivity contribution in [3.8, 4) is 0 Å². The van der Waals surface area contributed by atoms with Crippen molar-refractivity contribution in [1.29, 1.82) is 0 Å². The van der Waals surface area contributed by atoms with Gasteiger partial charge in [-0.2, -0.15) is 0 Å². The van der Waals surface area contributed by atoms with Crippen molar-refractivity contribution in [3.63, 3.8) is 0 Å². The molecule has 1 aliphatic rings. The van der Waals surface area contributed by atoms with Crippen molar-refractivity contribution in [2.45, 2.75) is 17.8 Å². The van der Waals surface area contributed by atoms with Crippen LogP contribution >= 0.6 is 35.8 Å². The summed E-state index contributed by atoms with van der Waals surface area (Å²) in [7, 11) is 0. The van der Waals surface area contributed by atoms with Gasteiger partial charge in [-0.15, -0.1) is 12.4 Å². The molecule has 4 rings (SSSR count). The van der Waals surface area contributed by atoms with E-state index >= 15 is 0 Å². The molecule has 2 unspecified atom stereocenters. The van der Waals surface area contributed by atoms with Gasteiger partial charge in [0, 0.05) is 10.8 Å². The molecular formula is C22H20Cl2N2S. The second kappa shape index (κ2) is 9.32. The van der Waals surface area contributed by atoms with Crippen LogP contribution in [0.4, 0.5) is 0 Å². The van der Waals surface area contributed by atoms with Crippen LogP contribution in [0.2, 0.25) is 5.02 Å². The summed E-state index contributed by atoms with van der Waals surface area (Å²) < 4.78 is 0. The minimum absolute atomic E-state index is 0. The molecule has 2 nitrogen and oxygen atoms in total. The van der Waals surface area contributed by atoms with E-state index in [0.29, 0.717) is 0 Å². The summed E-state index contributed by atoms with van der Waals surface area (Å²) in [5.41, 5.74) is 3.73. The highest BCUT2D eigenvalue weighted by Crippen LogP contribution is 2.38. The zero-order valence-electron chi connectivity index (χ0n) is 14.6. The first-order chi connectivity index (χ1) is 12.8. The van der Waals surface area contributed by atoms with Crippen LogP contribution in [0.15, 0.2) is 89.9 Å². The molecule has 1 heterocycles. The first-order valence-corrected chi connectivity index (χ1v) is 9.97. The van der Waals surface area contributed by atoms with Gasteiger partial charge in [-0.25, -0.2) is 0 Å². The highest BCUT2D eigenvalue weighted by molar-refractivity contribution is 8.13. The van der Waals surface area contributed by atoms with Crippen molar-refractivity contribution in [2.75, 3.05) is 0 Å². The number of nitrogens with zero attached hydrogens (tertiary/aromatic N) is 1. The van der Waals surface area contributed by atoms with Crippen LogP contribution in [0.5, 0.6) is 0 Å². The van der Waals surface area contributed by atoms with Crippen LogP contribution in [0.1, 0.15) is 28.8 Å². The maximum atomic E-state index is 5.97. The zero-order valence-corrected chi connectivity index (χ0v) is 17.0. The molecule has 1 N–H and O–H groups in total. The first kappa shape index (κ1) is 19.8. The molecule has 0 fully saturated rings. The fraction of sp³-hybridized carbons (Fsp3) is 0.136. The van der Waals surface area contributed by atoms with Gasteiger partial charge in [0.1, 0.15) is 6.04 Å². The van der Waals surface area contributed by atoms with Crippen LogP contribution in [-0.4, -0.2) is 5.17 Å². The molecule has 3 aromatic carbocycles. The van der Waals surface area contributed by atoms with Crippen LogP contribution < -0.4 is 5.32 Å². The monoisotopic (exact) mass is 414 g/mol. The number of rotatable bonds is 4. The van der Waals surface area contributed by atoms with Gasteiger partial charge in [-0.05, 0) is 28.8 Å². The Morgan fingerprint density at radius 2 is 1.41 bits per heavy atom. The molecule has 3 aromatic rings. The van der Waals surface area contributed by atoms with E-state index in [1.165, 1.54) is 16.7 Å². The normalized spacial score (nSPS) is 18.3. The van der Waals surface area contributed by atoms with Gasteiger partial charge in [0.2, 0.25) is 0 Å². The van der Waals surface area contributed by atoms with E-state index in [-0.39, 0.29) is 24.5 Å². The Labute approximate surface area is 175 Å². The van der Waals surface area contributed by atoms with Gasteiger partial charge in [0.15, 0.2) is 5.17 Å². The largest absolute Gasteiger partial charge is 0.356 e. The number of thioether (sulfide) groups is 1. The number of hydrogen-bond donors (Lipinski definition) is 1. The fourth-order valence-electron chi connectivity index (χ4n) is 3.10. The lowest BCUT2D eigenvalue weighted by Gasteiger charge is -2.19. The van der Waals surface area contributed by atoms with Crippen LogP contribution in [0.3, 0.4) is 0 Å². The molecular weight excluding hydrogens is 395 g/mol. The Morgan fingerprint density at radius 1 is 0.815 bits per heavy atom. The van der Waals surface area contributed by atoms with Crippen LogP contribution in [-0.2, 0) is 5.75 Å². The van der Waals surface area contributed by atoms with Gasteiger partial charge >= 0.3 is 0 Å². The Kier molecular flexibility index (Phi) is 6.84. The molecule has 27 heavy (non-hydrogen) atoms. The molecule has 0 saturated carbocycles. The highest BCUT2D eigenvalue weighted by Gasteiger charge is 2.31. The second-order valence-electron chi connectivity index (χ2n) is 6.24. The Balaban J connectivity index is 0.00000210. The van der Waals surface area contributed by atoms with Crippen molar-refractivity contribution < 1.29 is 0 Å². The summed E-state index contributed by atoms with van der Waals surface area (Å²) in [6, 6.07) is 29.3. The summed E-state index contributed by atoms with van der Waals surface area (Å²) in [6.07, 6.45) is 0. The summed E-state index contributed by atoms with van der Waals surface area (Å²) in [5.74, 6) is 0.867. The quantitative estimate of drug-likeness (QED) is 0.531. The summed E-state index contributed by atoms with van der Waals surface area (Å²) >= 11 is 7.71. The molecule has 0 aliphatic carbocycles. The number of halogens is 2. The van der Waals surface area contributed by atoms with E-state index in [2.05, 4.69) is 66.0 Å². The number of amidine groups is 1. The zero-order chi connectivity index (χ0) is 17.8. The summed E-state index contributed by atoms with van der Waals surface area (Å²) in [5, 5.41) is 5.38. The Hall–Kier alpha value is -1.94. The lowest BCUT2D eigenvalue weighted by molar-refractivity contribution is 0.573. The molecule has 5 heteroatoms. The molecule has 138 valence electrons. The SMILES string of the molecule is Cl.Clc1ccc(CSC2=NC(c3ccccc3)C(c3ccccc3)N2)cc1. The van der Waals surface area contributed by atoms with Gasteiger partial charge in [-0.1, -0.05) is 96.2 Å². The number of nitrogens with one attached hydrogen (secondary N) is 1. The maximum absolute atomic E-state index is 5.97. The van der Waals surface area contributed by atoms with Gasteiger partial charge < -0.3 is 5.32 Å². The van der Waals surface area contributed by atoms with E-state index < -0.39 is 0 Å². The van der Waals surface area contributed by atoms with Crippen molar-refractivity contribution in [1.82, 2.24) is 5.32 Å². The van der Waals surface area contributed by atoms with E-state index in [9.17, 15) is 0 Å². The molecule has 0 aromatic heterocycles. The Morgan fingerprint density at radius 3 is 2.04 bits per heavy atom. The number of hydrogen-bond acceptors (Lipinski definition) is 3. The first-order valence-electron chi connectivity index (χ1n) is 8.61. The molecule has 0 spiro atoms. The van der Waals surface area contributed by atoms with Gasteiger partial charge in [0.05, 0.1) is 6.04 Å². The number of benzene rings is 3. The van der Waals surface area contributed by atoms with Gasteiger partial charge in [0.25, 0.3) is 0 Å². The molecule has 0 bridgehead atoms. The topological polar surface area (TPSA) is 24.4 Å². The minimum atomic E-state index is 0. The van der Waals surface area contributed by atoms with Gasteiger partial charge in [-0.3, -0.25) is 4.99 Å². The van der Waals surface area contributed by atoms with E-state index in [1.54, 1.807) is 11.8 Å². The third-order valence-electron chi connectivity index (χ3n) is 4.44. The Bertz CT molecular complexity index is 883. The molecule has 2 atom stereocenters. The predicted molar refractivity (Wildman–Crippen MR) is 119 cm³/mol. The molecule has 1 aliphatic heterocycles. The van der Waals surface area contributed by atoms with E-state index in [4.69, 9.17) is 16.6 Å². The molecule has 0 radical (unpaired) electrons. The molecule has 0 saturated heterocycles. The van der Waals surface area contributed by atoms with Crippen LogP contribution in [0.25, 0.3) is 0 Å². The molecule has 0 amide bonds. The third kappa shape index (κ3) is 4.86. The number of aliphatic imine (C=N–C) groups is 1. The minimum Gasteiger partial charge on any atom is -0.356 e. The smallest absolute Gasteiger partial charge is 0.158 e. The lowest BCUT2D eigenvalue weighted by atomic mass is 9.95. The highest BCUT2D eigenvalue weighted by atomic mass is 35.5. The fourth-order valence-corrected chi connectivity index (χ4v) is 4.12. The average molecular weight is 415 g/mol. The van der Waals surface area contributed by atoms with E-state index in [0.717, 1.165) is 15.9 Å². The summed E-state index contributed by atoms with van der Waals surface area (Å²) in [4.78, 5) is 4.99. The van der Waals surface area contributed by atoms with Crippen molar-refractivity contribution in [3.05, 3.63) is 107 Å². The van der Waals surface area contributed by atoms with Crippen molar-refractivity contribution >= 4 is 40.9 Å². The van der Waals surface area contributed by atoms with Crippen molar-refractivity contribution in [2.24, 2.45) is 4.99 Å². The second-order valence-corrected chi connectivity index (χ2v) is 7.64. The summed E-state index contributed by atoms with van der Waals surface area (Å²) in [6.45, 7) is 0. The third-order valence-corrected chi connectivity index (χ3v) is 5.67. The average Bonchev–Trinajstić information content (AvgIpc) is 3.13. The van der Waals surface area contributed by atoms with Crippen LogP contribution in [0, 0.1) is 0 Å². The lowest BCUT2D eigenvalue weighted by Crippen LogP contribution is -2.22. The maximum Gasteiger partial charge on any atom is 0.158 e. The predicted octanol–water partition coefficient (Wildman–Crippen LogP) is 6.44. The van der Waals surface area contributed by atoms with E-state index in [1.807, 2.05) is 24.3 Å².